The number of ether oxygens (including phenoxy) is 1. The van der Waals surface area contributed by atoms with Crippen LogP contribution in [0, 0.1) is 0 Å². The van der Waals surface area contributed by atoms with Gasteiger partial charge < -0.3 is 4.74 Å². The van der Waals surface area contributed by atoms with Gasteiger partial charge in [-0.1, -0.05) is 12.1 Å². The van der Waals surface area contributed by atoms with Gasteiger partial charge in [-0.25, -0.2) is 14.3 Å². The molecule has 94 valence electrons. The molecular formula is C12H13N3O3. The lowest BCUT2D eigenvalue weighted by Gasteiger charge is -1.94. The third kappa shape index (κ3) is 2.48. The highest BCUT2D eigenvalue weighted by Crippen LogP contribution is 1.95. The minimum absolute atomic E-state index is 0.235. The molecule has 2 heterocycles. The van der Waals surface area contributed by atoms with Crippen molar-refractivity contribution in [2.24, 2.45) is 0 Å². The van der Waals surface area contributed by atoms with E-state index in [-0.39, 0.29) is 12.2 Å². The molecule has 0 aliphatic rings. The second kappa shape index (κ2) is 5.31. The number of esters is 1. The molecule has 0 radical (unpaired) electrons. The summed E-state index contributed by atoms with van der Waals surface area (Å²) in [6.07, 6.45) is 4.49. The third-order valence-corrected chi connectivity index (χ3v) is 2.31. The lowest BCUT2D eigenvalue weighted by Crippen LogP contribution is -2.20. The predicted molar refractivity (Wildman–Crippen MR) is 65.2 cm³/mol. The second-order valence-corrected chi connectivity index (χ2v) is 3.55. The Kier molecular flexibility index (Phi) is 3.57. The topological polar surface area (TPSA) is 65.6 Å². The molecule has 0 amide bonds. The molecule has 0 saturated heterocycles. The Hall–Kier alpha value is -2.37. The Morgan fingerprint density at radius 1 is 1.50 bits per heavy atom. The number of hydrogen-bond acceptors (Lipinski definition) is 4. The number of aromatic nitrogens is 3. The summed E-state index contributed by atoms with van der Waals surface area (Å²) in [4.78, 5) is 22.9. The maximum atomic E-state index is 11.8. The van der Waals surface area contributed by atoms with Crippen molar-refractivity contribution < 1.29 is 9.53 Å². The zero-order chi connectivity index (χ0) is 13.0. The van der Waals surface area contributed by atoms with E-state index in [1.807, 2.05) is 0 Å². The van der Waals surface area contributed by atoms with E-state index in [0.717, 1.165) is 0 Å². The molecule has 0 fully saturated rings. The Morgan fingerprint density at radius 2 is 2.33 bits per heavy atom. The second-order valence-electron chi connectivity index (χ2n) is 3.55. The highest BCUT2D eigenvalue weighted by Gasteiger charge is 2.03. The summed E-state index contributed by atoms with van der Waals surface area (Å²) in [5.74, 6) is -0.422. The van der Waals surface area contributed by atoms with Crippen LogP contribution < -0.4 is 5.69 Å². The first-order valence-electron chi connectivity index (χ1n) is 5.60. The van der Waals surface area contributed by atoms with E-state index in [2.05, 4.69) is 5.10 Å². The first-order valence-corrected chi connectivity index (χ1v) is 5.60. The van der Waals surface area contributed by atoms with Crippen LogP contribution in [0.3, 0.4) is 0 Å². The molecule has 18 heavy (non-hydrogen) atoms. The van der Waals surface area contributed by atoms with Gasteiger partial charge in [0.25, 0.3) is 0 Å². The van der Waals surface area contributed by atoms with E-state index in [0.29, 0.717) is 12.3 Å². The normalized spacial score (nSPS) is 11.2. The fraction of sp³-hybridized carbons (Fsp3) is 0.250. The average molecular weight is 247 g/mol. The van der Waals surface area contributed by atoms with Crippen LogP contribution in [0.4, 0.5) is 0 Å². The van der Waals surface area contributed by atoms with Gasteiger partial charge in [-0.3, -0.25) is 4.40 Å². The van der Waals surface area contributed by atoms with Crippen molar-refractivity contribution in [1.29, 1.82) is 0 Å². The Balaban J connectivity index is 2.15. The maximum absolute atomic E-state index is 11.8. The highest BCUT2D eigenvalue weighted by molar-refractivity contribution is 5.81. The number of allylic oxidation sites excluding steroid dienone is 1. The summed E-state index contributed by atoms with van der Waals surface area (Å²) in [6.45, 7) is 2.30. The Morgan fingerprint density at radius 3 is 3.06 bits per heavy atom. The van der Waals surface area contributed by atoms with Gasteiger partial charge in [-0.05, 0) is 19.1 Å². The van der Waals surface area contributed by atoms with Crippen molar-refractivity contribution in [3.63, 3.8) is 0 Å². The zero-order valence-corrected chi connectivity index (χ0v) is 9.94. The lowest BCUT2D eigenvalue weighted by molar-refractivity contribution is -0.137. The molecule has 0 N–H and O–H groups in total. The van der Waals surface area contributed by atoms with Crippen LogP contribution in [0.15, 0.2) is 41.3 Å². The van der Waals surface area contributed by atoms with Crippen LogP contribution in [-0.2, 0) is 16.1 Å². The van der Waals surface area contributed by atoms with Gasteiger partial charge in [0.15, 0.2) is 5.65 Å². The summed E-state index contributed by atoms with van der Waals surface area (Å²) in [7, 11) is 0. The first-order chi connectivity index (χ1) is 8.72. The molecule has 0 saturated carbocycles. The lowest BCUT2D eigenvalue weighted by atomic mass is 10.5. The molecule has 6 nitrogen and oxygen atoms in total. The van der Waals surface area contributed by atoms with Gasteiger partial charge in [0.2, 0.25) is 0 Å². The Bertz CT molecular complexity index is 639. The molecule has 0 aliphatic heterocycles. The standard InChI is InChI=1S/C12H13N3O3/c1-2-18-11(16)7-5-9-15-12(17)14-8-4-3-6-10(14)13-15/h3-8H,2,9H2,1H3/b7-5+. The maximum Gasteiger partial charge on any atom is 0.350 e. The van der Waals surface area contributed by atoms with Gasteiger partial charge in [-0.2, -0.15) is 0 Å². The smallest absolute Gasteiger partial charge is 0.350 e. The first kappa shape index (κ1) is 12.1. The SMILES string of the molecule is CCOC(=O)/C=C/Cn1nc2ccccn2c1=O. The number of rotatable bonds is 4. The van der Waals surface area contributed by atoms with E-state index in [9.17, 15) is 9.59 Å². The summed E-state index contributed by atoms with van der Waals surface area (Å²) >= 11 is 0. The molecule has 2 aromatic rings. The van der Waals surface area contributed by atoms with Crippen molar-refractivity contribution in [1.82, 2.24) is 14.2 Å². The molecule has 0 spiro atoms. The molecule has 0 atom stereocenters. The minimum atomic E-state index is -0.422. The summed E-state index contributed by atoms with van der Waals surface area (Å²) in [5.41, 5.74) is 0.339. The number of carbonyl (C=O) groups excluding carboxylic acids is 1. The zero-order valence-electron chi connectivity index (χ0n) is 9.94. The number of hydrogen-bond donors (Lipinski definition) is 0. The van der Waals surface area contributed by atoms with Gasteiger partial charge in [0.1, 0.15) is 0 Å². The van der Waals surface area contributed by atoms with Crippen LogP contribution in [0.1, 0.15) is 6.92 Å². The average Bonchev–Trinajstić information content (AvgIpc) is 2.68. The van der Waals surface area contributed by atoms with E-state index in [1.54, 1.807) is 37.4 Å². The molecule has 2 rings (SSSR count). The Labute approximate surface area is 103 Å². The van der Waals surface area contributed by atoms with Gasteiger partial charge in [0.05, 0.1) is 13.2 Å². The summed E-state index contributed by atoms with van der Waals surface area (Å²) in [5, 5.41) is 4.12. The van der Waals surface area contributed by atoms with Crippen LogP contribution in [0.2, 0.25) is 0 Å². The summed E-state index contributed by atoms with van der Waals surface area (Å²) < 4.78 is 7.46. The van der Waals surface area contributed by atoms with Crippen LogP contribution in [0.5, 0.6) is 0 Å². The largest absolute Gasteiger partial charge is 0.463 e. The van der Waals surface area contributed by atoms with Crippen LogP contribution >= 0.6 is 0 Å². The van der Waals surface area contributed by atoms with Crippen molar-refractivity contribution in [2.45, 2.75) is 13.5 Å². The van der Waals surface area contributed by atoms with Crippen LogP contribution in [-0.4, -0.2) is 26.8 Å². The molecule has 0 unspecified atom stereocenters. The number of nitrogens with zero attached hydrogens (tertiary/aromatic N) is 3. The van der Waals surface area contributed by atoms with Gasteiger partial charge in [0, 0.05) is 12.3 Å². The molecule has 0 aromatic carbocycles. The molecule has 0 aliphatic carbocycles. The summed E-state index contributed by atoms with van der Waals surface area (Å²) in [6, 6.07) is 5.31. The van der Waals surface area contributed by atoms with E-state index in [1.165, 1.54) is 15.2 Å². The molecule has 6 heteroatoms. The molecule has 0 bridgehead atoms. The van der Waals surface area contributed by atoms with Crippen molar-refractivity contribution >= 4 is 11.6 Å². The fourth-order valence-electron chi connectivity index (χ4n) is 1.53. The quantitative estimate of drug-likeness (QED) is 0.586. The number of carbonyl (C=O) groups is 1. The van der Waals surface area contributed by atoms with E-state index in [4.69, 9.17) is 4.74 Å². The van der Waals surface area contributed by atoms with Crippen molar-refractivity contribution in [2.75, 3.05) is 6.61 Å². The monoisotopic (exact) mass is 247 g/mol. The van der Waals surface area contributed by atoms with Gasteiger partial charge >= 0.3 is 11.7 Å². The van der Waals surface area contributed by atoms with Gasteiger partial charge in [-0.15, -0.1) is 5.10 Å². The molecule has 2 aromatic heterocycles. The number of pyridine rings is 1. The van der Waals surface area contributed by atoms with E-state index >= 15 is 0 Å². The third-order valence-electron chi connectivity index (χ3n) is 2.31. The van der Waals surface area contributed by atoms with Crippen molar-refractivity contribution in [3.8, 4) is 0 Å². The number of fused-ring (bicyclic) bond motifs is 1. The van der Waals surface area contributed by atoms with Crippen LogP contribution in [0.25, 0.3) is 5.65 Å². The minimum Gasteiger partial charge on any atom is -0.463 e. The predicted octanol–water partition coefficient (Wildman–Crippen LogP) is 0.615. The van der Waals surface area contributed by atoms with E-state index < -0.39 is 5.97 Å². The molecular weight excluding hydrogens is 234 g/mol. The fourth-order valence-corrected chi connectivity index (χ4v) is 1.53. The highest BCUT2D eigenvalue weighted by atomic mass is 16.5. The van der Waals surface area contributed by atoms with Crippen molar-refractivity contribution in [3.05, 3.63) is 47.0 Å².